The lowest BCUT2D eigenvalue weighted by molar-refractivity contribution is -0.116. The van der Waals surface area contributed by atoms with Gasteiger partial charge in [0.1, 0.15) is 0 Å². The first-order valence-electron chi connectivity index (χ1n) is 6.38. The van der Waals surface area contributed by atoms with Crippen LogP contribution in [0.25, 0.3) is 0 Å². The number of hydrogen-bond donors (Lipinski definition) is 2. The zero-order valence-corrected chi connectivity index (χ0v) is 12.5. The van der Waals surface area contributed by atoms with E-state index in [0.29, 0.717) is 34.4 Å². The van der Waals surface area contributed by atoms with Crippen molar-refractivity contribution in [3.05, 3.63) is 46.2 Å². The molecule has 0 aromatic heterocycles. The number of nitrogens with two attached hydrogens (primary N) is 1. The number of benzene rings is 2. The summed E-state index contributed by atoms with van der Waals surface area (Å²) in [5.74, 6) is -0.0324. The minimum atomic E-state index is -0.469. The smallest absolute Gasteiger partial charge is 0.224 e. The largest absolute Gasteiger partial charge is 0.452 e. The molecule has 0 saturated carbocycles. The number of hydrogen-bond acceptors (Lipinski definition) is 3. The third-order valence-corrected chi connectivity index (χ3v) is 3.74. The summed E-state index contributed by atoms with van der Waals surface area (Å²) in [6.45, 7) is 0. The Morgan fingerprint density at radius 2 is 2.00 bits per heavy atom. The van der Waals surface area contributed by atoms with Crippen LogP contribution in [0.3, 0.4) is 0 Å². The molecule has 0 aliphatic carbocycles. The Hall–Kier alpha value is -2.08. The zero-order chi connectivity index (χ0) is 15.0. The first-order chi connectivity index (χ1) is 10.0. The van der Waals surface area contributed by atoms with E-state index in [1.165, 1.54) is 12.1 Å². The first-order valence-corrected chi connectivity index (χ1v) is 7.17. The van der Waals surface area contributed by atoms with Gasteiger partial charge in [0.15, 0.2) is 17.3 Å². The van der Waals surface area contributed by atoms with Gasteiger partial charge in [-0.3, -0.25) is 4.79 Å². The average molecular weight is 351 g/mol. The Kier molecular flexibility index (Phi) is 3.55. The number of carbonyl (C=O) groups is 1. The number of nitrogens with one attached hydrogen (secondary N) is 1. The highest BCUT2D eigenvalue weighted by atomic mass is 79.9. The van der Waals surface area contributed by atoms with Crippen molar-refractivity contribution in [2.24, 2.45) is 0 Å². The van der Waals surface area contributed by atoms with Gasteiger partial charge in [-0.25, -0.2) is 4.39 Å². The highest BCUT2D eigenvalue weighted by molar-refractivity contribution is 9.10. The molecule has 1 heterocycles. The van der Waals surface area contributed by atoms with Crippen molar-refractivity contribution < 1.29 is 13.9 Å². The van der Waals surface area contributed by atoms with E-state index in [1.54, 1.807) is 18.2 Å². The Labute approximate surface area is 129 Å². The molecule has 0 radical (unpaired) electrons. The topological polar surface area (TPSA) is 64.3 Å². The molecule has 21 heavy (non-hydrogen) atoms. The van der Waals surface area contributed by atoms with E-state index >= 15 is 0 Å². The second-order valence-corrected chi connectivity index (χ2v) is 5.69. The molecule has 3 N–H and O–H groups in total. The number of anilines is 2. The van der Waals surface area contributed by atoms with Crippen LogP contribution in [0.4, 0.5) is 15.8 Å². The summed E-state index contributed by atoms with van der Waals surface area (Å²) in [5, 5.41) is 2.76. The van der Waals surface area contributed by atoms with Gasteiger partial charge in [-0.2, -0.15) is 0 Å². The van der Waals surface area contributed by atoms with Crippen molar-refractivity contribution in [3.63, 3.8) is 0 Å². The lowest BCUT2D eigenvalue weighted by Gasteiger charge is -2.19. The fourth-order valence-corrected chi connectivity index (χ4v) is 2.53. The molecule has 4 nitrogen and oxygen atoms in total. The van der Waals surface area contributed by atoms with Gasteiger partial charge < -0.3 is 15.8 Å². The fraction of sp³-hybridized carbons (Fsp3) is 0.133. The van der Waals surface area contributed by atoms with E-state index in [-0.39, 0.29) is 11.7 Å². The molecule has 1 aliphatic rings. The monoisotopic (exact) mass is 350 g/mol. The number of fused-ring (bicyclic) bond motifs is 1. The van der Waals surface area contributed by atoms with Crippen LogP contribution < -0.4 is 15.8 Å². The number of aryl methyl sites for hydroxylation is 1. The number of carbonyl (C=O) groups excluding carboxylic acids is 1. The van der Waals surface area contributed by atoms with E-state index in [1.807, 2.05) is 0 Å². The predicted octanol–water partition coefficient (Wildman–Crippen LogP) is 3.85. The van der Waals surface area contributed by atoms with Crippen LogP contribution in [-0.2, 0) is 11.2 Å². The number of ether oxygens (including phenoxy) is 1. The van der Waals surface area contributed by atoms with Crippen molar-refractivity contribution in [2.45, 2.75) is 12.8 Å². The molecule has 3 rings (SSSR count). The van der Waals surface area contributed by atoms with Gasteiger partial charge in [0.2, 0.25) is 5.91 Å². The van der Waals surface area contributed by atoms with Gasteiger partial charge in [-0.15, -0.1) is 0 Å². The van der Waals surface area contributed by atoms with Gasteiger partial charge in [-0.1, -0.05) is 15.9 Å². The van der Waals surface area contributed by atoms with Crippen LogP contribution in [0.1, 0.15) is 12.0 Å². The van der Waals surface area contributed by atoms with Crippen LogP contribution in [0, 0.1) is 5.82 Å². The van der Waals surface area contributed by atoms with E-state index < -0.39 is 5.82 Å². The molecule has 0 spiro atoms. The highest BCUT2D eigenvalue weighted by Crippen LogP contribution is 2.36. The SMILES string of the molecule is Nc1cc2c(cc1Oc1cc(Br)ccc1F)CCC(=O)N2. The Bertz CT molecular complexity index is 734. The molecule has 1 aliphatic heterocycles. The molecule has 108 valence electrons. The third-order valence-electron chi connectivity index (χ3n) is 3.24. The molecule has 0 atom stereocenters. The summed E-state index contributed by atoms with van der Waals surface area (Å²) >= 11 is 3.27. The molecule has 1 amide bonds. The molecular formula is C15H12BrFN2O2. The van der Waals surface area contributed by atoms with E-state index in [0.717, 1.165) is 5.56 Å². The maximum atomic E-state index is 13.7. The summed E-state index contributed by atoms with van der Waals surface area (Å²) in [5.41, 5.74) is 7.87. The second-order valence-electron chi connectivity index (χ2n) is 4.77. The van der Waals surface area contributed by atoms with Crippen LogP contribution in [0.5, 0.6) is 11.5 Å². The molecule has 0 fully saturated rings. The number of nitrogen functional groups attached to an aromatic ring is 1. The van der Waals surface area contributed by atoms with Crippen molar-refractivity contribution in [1.29, 1.82) is 0 Å². The quantitative estimate of drug-likeness (QED) is 0.808. The van der Waals surface area contributed by atoms with E-state index in [2.05, 4.69) is 21.2 Å². The third kappa shape index (κ3) is 2.85. The van der Waals surface area contributed by atoms with Crippen molar-refractivity contribution in [2.75, 3.05) is 11.1 Å². The summed E-state index contributed by atoms with van der Waals surface area (Å²) in [7, 11) is 0. The van der Waals surface area contributed by atoms with Crippen molar-refractivity contribution in [1.82, 2.24) is 0 Å². The number of halogens is 2. The number of amides is 1. The van der Waals surface area contributed by atoms with Crippen LogP contribution in [0.15, 0.2) is 34.8 Å². The fourth-order valence-electron chi connectivity index (χ4n) is 2.19. The Morgan fingerprint density at radius 3 is 2.81 bits per heavy atom. The lowest BCUT2D eigenvalue weighted by Crippen LogP contribution is -2.19. The summed E-state index contributed by atoms with van der Waals surface area (Å²) < 4.78 is 20.0. The molecule has 2 aromatic rings. The van der Waals surface area contributed by atoms with Gasteiger partial charge in [0, 0.05) is 16.6 Å². The maximum Gasteiger partial charge on any atom is 0.224 e. The number of rotatable bonds is 2. The summed E-state index contributed by atoms with van der Waals surface area (Å²) in [6, 6.07) is 7.82. The van der Waals surface area contributed by atoms with Crippen molar-refractivity contribution >= 4 is 33.2 Å². The maximum absolute atomic E-state index is 13.7. The van der Waals surface area contributed by atoms with Crippen LogP contribution in [-0.4, -0.2) is 5.91 Å². The molecule has 6 heteroatoms. The molecular weight excluding hydrogens is 339 g/mol. The van der Waals surface area contributed by atoms with Crippen molar-refractivity contribution in [3.8, 4) is 11.5 Å². The second kappa shape index (κ2) is 5.37. The lowest BCUT2D eigenvalue weighted by atomic mass is 10.0. The molecule has 0 unspecified atom stereocenters. The molecule has 2 aromatic carbocycles. The average Bonchev–Trinajstić information content (AvgIpc) is 2.44. The van der Waals surface area contributed by atoms with Gasteiger partial charge in [0.25, 0.3) is 0 Å². The standard InChI is InChI=1S/C15H12BrFN2O2/c16-9-2-3-10(17)13(6-9)21-14-5-8-1-4-15(20)19-12(8)7-11(14)18/h2-3,5-7H,1,4,18H2,(H,19,20). The Balaban J connectivity index is 1.96. The van der Waals surface area contributed by atoms with E-state index in [9.17, 15) is 9.18 Å². The predicted molar refractivity (Wildman–Crippen MR) is 82.0 cm³/mol. The minimum Gasteiger partial charge on any atom is -0.452 e. The molecule has 0 saturated heterocycles. The Morgan fingerprint density at radius 1 is 1.19 bits per heavy atom. The van der Waals surface area contributed by atoms with E-state index in [4.69, 9.17) is 10.5 Å². The van der Waals surface area contributed by atoms with Gasteiger partial charge >= 0.3 is 0 Å². The normalized spacial score (nSPS) is 13.5. The van der Waals surface area contributed by atoms with Gasteiger partial charge in [-0.05, 0) is 42.3 Å². The highest BCUT2D eigenvalue weighted by Gasteiger charge is 2.18. The van der Waals surface area contributed by atoms with Gasteiger partial charge in [0.05, 0.1) is 5.69 Å². The van der Waals surface area contributed by atoms with Crippen LogP contribution in [0.2, 0.25) is 0 Å². The first kappa shape index (κ1) is 13.9. The summed E-state index contributed by atoms with van der Waals surface area (Å²) in [4.78, 5) is 11.4. The van der Waals surface area contributed by atoms with Crippen LogP contribution >= 0.6 is 15.9 Å². The molecule has 0 bridgehead atoms. The zero-order valence-electron chi connectivity index (χ0n) is 11.0. The summed E-state index contributed by atoms with van der Waals surface area (Å²) in [6.07, 6.45) is 1.03. The minimum absolute atomic E-state index is 0.0337.